The lowest BCUT2D eigenvalue weighted by molar-refractivity contribution is -0.141. The van der Waals surface area contributed by atoms with E-state index >= 15 is 0 Å². The second-order valence-electron chi connectivity index (χ2n) is 10.3. The van der Waals surface area contributed by atoms with E-state index in [1.54, 1.807) is 18.2 Å². The van der Waals surface area contributed by atoms with Crippen molar-refractivity contribution in [2.75, 3.05) is 17.1 Å². The Bertz CT molecular complexity index is 1510. The first-order valence-corrected chi connectivity index (χ1v) is 16.4. The van der Waals surface area contributed by atoms with Crippen molar-refractivity contribution in [3.63, 3.8) is 0 Å². The highest BCUT2D eigenvalue weighted by Gasteiger charge is 2.32. The van der Waals surface area contributed by atoms with Gasteiger partial charge in [-0.05, 0) is 49.6 Å². The maximum atomic E-state index is 13.9. The minimum Gasteiger partial charge on any atom is -0.352 e. The van der Waals surface area contributed by atoms with Gasteiger partial charge in [-0.1, -0.05) is 66.5 Å². The molecule has 0 bridgehead atoms. The molecule has 0 saturated carbocycles. The molecule has 232 valence electrons. The van der Waals surface area contributed by atoms with Gasteiger partial charge in [0.25, 0.3) is 0 Å². The number of hydrogen-bond donors (Lipinski definition) is 1. The largest absolute Gasteiger partial charge is 0.352 e. The molecule has 0 heterocycles. The summed E-state index contributed by atoms with van der Waals surface area (Å²) < 4.78 is 53.3. The second kappa shape index (κ2) is 15.5. The highest BCUT2D eigenvalue weighted by Crippen LogP contribution is 2.28. The van der Waals surface area contributed by atoms with Crippen LogP contribution in [0.1, 0.15) is 44.2 Å². The van der Waals surface area contributed by atoms with Crippen molar-refractivity contribution in [3.05, 3.63) is 99.5 Å². The van der Waals surface area contributed by atoms with Crippen LogP contribution >= 0.6 is 23.2 Å². The molecular formula is C31H35Cl2F2N3O4S. The third-order valence-electron chi connectivity index (χ3n) is 7.01. The van der Waals surface area contributed by atoms with E-state index in [9.17, 15) is 26.8 Å². The lowest BCUT2D eigenvalue weighted by atomic mass is 10.0. The maximum Gasteiger partial charge on any atom is 0.243 e. The van der Waals surface area contributed by atoms with Gasteiger partial charge in [0.05, 0.1) is 11.9 Å². The highest BCUT2D eigenvalue weighted by molar-refractivity contribution is 7.92. The van der Waals surface area contributed by atoms with Crippen LogP contribution < -0.4 is 9.62 Å². The van der Waals surface area contributed by atoms with Crippen molar-refractivity contribution >= 4 is 50.7 Å². The van der Waals surface area contributed by atoms with Crippen LogP contribution in [0.2, 0.25) is 10.0 Å². The van der Waals surface area contributed by atoms with Gasteiger partial charge >= 0.3 is 0 Å². The van der Waals surface area contributed by atoms with Gasteiger partial charge in [0.1, 0.15) is 6.04 Å². The molecule has 0 saturated heterocycles. The van der Waals surface area contributed by atoms with Gasteiger partial charge < -0.3 is 10.2 Å². The molecule has 3 aromatic rings. The van der Waals surface area contributed by atoms with E-state index in [0.717, 1.165) is 34.3 Å². The Morgan fingerprint density at radius 1 is 0.953 bits per heavy atom. The fourth-order valence-corrected chi connectivity index (χ4v) is 5.97. The van der Waals surface area contributed by atoms with E-state index < -0.39 is 33.6 Å². The minimum absolute atomic E-state index is 0.0304. The molecule has 0 aromatic heterocycles. The van der Waals surface area contributed by atoms with Crippen molar-refractivity contribution in [1.29, 1.82) is 0 Å². The Balaban J connectivity index is 1.94. The third-order valence-corrected chi connectivity index (χ3v) is 8.91. The average Bonchev–Trinajstić information content (AvgIpc) is 2.95. The molecule has 1 N–H and O–H groups in total. The molecule has 0 fully saturated rings. The number of nitrogens with one attached hydrogen (secondary N) is 1. The summed E-state index contributed by atoms with van der Waals surface area (Å²) in [7, 11) is -3.89. The average molecular weight is 655 g/mol. The van der Waals surface area contributed by atoms with Gasteiger partial charge in [-0.15, -0.1) is 0 Å². The molecule has 0 aliphatic heterocycles. The van der Waals surface area contributed by atoms with E-state index in [2.05, 4.69) is 5.32 Å². The van der Waals surface area contributed by atoms with Gasteiger partial charge in [-0.2, -0.15) is 0 Å². The first-order valence-electron chi connectivity index (χ1n) is 13.8. The van der Waals surface area contributed by atoms with Crippen molar-refractivity contribution in [2.45, 2.75) is 58.2 Å². The fraction of sp³-hybridized carbons (Fsp3) is 0.355. The third kappa shape index (κ3) is 9.64. The Morgan fingerprint density at radius 2 is 1.60 bits per heavy atom. The van der Waals surface area contributed by atoms with Gasteiger partial charge in [-0.3, -0.25) is 13.9 Å². The van der Waals surface area contributed by atoms with E-state index in [4.69, 9.17) is 23.2 Å². The summed E-state index contributed by atoms with van der Waals surface area (Å²) in [6, 6.07) is 15.9. The number of benzene rings is 3. The normalized spacial score (nSPS) is 12.8. The number of sulfonamides is 1. The van der Waals surface area contributed by atoms with Crippen molar-refractivity contribution in [1.82, 2.24) is 10.2 Å². The lowest BCUT2D eigenvalue weighted by Gasteiger charge is -2.33. The summed E-state index contributed by atoms with van der Waals surface area (Å²) in [6.45, 7) is 3.55. The predicted octanol–water partition coefficient (Wildman–Crippen LogP) is 6.37. The second-order valence-corrected chi connectivity index (χ2v) is 13.0. The summed E-state index contributed by atoms with van der Waals surface area (Å²) >= 11 is 12.9. The molecule has 7 nitrogen and oxygen atoms in total. The molecule has 12 heteroatoms. The summed E-state index contributed by atoms with van der Waals surface area (Å²) in [5, 5.41) is 3.63. The molecule has 2 atom stereocenters. The molecule has 0 aliphatic rings. The smallest absolute Gasteiger partial charge is 0.243 e. The molecule has 2 amide bonds. The highest BCUT2D eigenvalue weighted by atomic mass is 35.5. The summed E-state index contributed by atoms with van der Waals surface area (Å²) in [5.74, 6) is -3.09. The summed E-state index contributed by atoms with van der Waals surface area (Å²) in [4.78, 5) is 29.0. The zero-order valence-electron chi connectivity index (χ0n) is 24.2. The van der Waals surface area contributed by atoms with Crippen LogP contribution in [0.25, 0.3) is 0 Å². The Hall–Kier alpha value is -3.21. The molecule has 3 aromatic carbocycles. The molecule has 0 unspecified atom stereocenters. The van der Waals surface area contributed by atoms with Crippen molar-refractivity contribution < 1.29 is 26.8 Å². The van der Waals surface area contributed by atoms with E-state index in [1.807, 2.05) is 44.2 Å². The number of carbonyl (C=O) groups is 2. The number of rotatable bonds is 14. The van der Waals surface area contributed by atoms with Crippen LogP contribution in [-0.2, 0) is 32.6 Å². The van der Waals surface area contributed by atoms with Gasteiger partial charge in [0.2, 0.25) is 21.8 Å². The minimum atomic E-state index is -3.89. The number of halogens is 4. The van der Waals surface area contributed by atoms with Crippen LogP contribution in [0.4, 0.5) is 14.5 Å². The van der Waals surface area contributed by atoms with Crippen molar-refractivity contribution in [3.8, 4) is 0 Å². The van der Waals surface area contributed by atoms with E-state index in [1.165, 1.54) is 4.90 Å². The Labute approximate surface area is 261 Å². The predicted molar refractivity (Wildman–Crippen MR) is 167 cm³/mol. The van der Waals surface area contributed by atoms with Gasteiger partial charge in [-0.25, -0.2) is 17.2 Å². The van der Waals surface area contributed by atoms with Crippen molar-refractivity contribution in [2.24, 2.45) is 0 Å². The molecule has 0 spiro atoms. The summed E-state index contributed by atoms with van der Waals surface area (Å²) in [6.07, 6.45) is 1.71. The van der Waals surface area contributed by atoms with E-state index in [0.29, 0.717) is 22.0 Å². The van der Waals surface area contributed by atoms with Crippen LogP contribution in [0.15, 0.2) is 66.7 Å². The van der Waals surface area contributed by atoms with Gasteiger partial charge in [0.15, 0.2) is 11.6 Å². The SMILES string of the molecule is CC[C@@H](C)NC(=O)[C@@H](Cc1ccccc1)N(Cc1c(Cl)cccc1Cl)C(=O)CCCN(c1ccc(F)c(F)c1)S(C)(=O)=O. The first-order chi connectivity index (χ1) is 20.3. The Kier molecular flexibility index (Phi) is 12.4. The number of nitrogens with zero attached hydrogens (tertiary/aromatic N) is 2. The first kappa shape index (κ1) is 34.3. The molecular weight excluding hydrogens is 619 g/mol. The fourth-order valence-electron chi connectivity index (χ4n) is 4.49. The van der Waals surface area contributed by atoms with Crippen LogP contribution in [-0.4, -0.2) is 50.0 Å². The van der Waals surface area contributed by atoms with E-state index in [-0.39, 0.29) is 50.0 Å². The number of anilines is 1. The molecule has 43 heavy (non-hydrogen) atoms. The van der Waals surface area contributed by atoms with Gasteiger partial charge in [0, 0.05) is 53.6 Å². The zero-order chi connectivity index (χ0) is 31.7. The lowest BCUT2D eigenvalue weighted by Crippen LogP contribution is -2.52. The zero-order valence-corrected chi connectivity index (χ0v) is 26.5. The van der Waals surface area contributed by atoms with Crippen LogP contribution in [0.3, 0.4) is 0 Å². The van der Waals surface area contributed by atoms with Crippen LogP contribution in [0.5, 0.6) is 0 Å². The summed E-state index contributed by atoms with van der Waals surface area (Å²) in [5.41, 5.74) is 1.23. The Morgan fingerprint density at radius 3 is 2.19 bits per heavy atom. The number of carbonyl (C=O) groups excluding carboxylic acids is 2. The maximum absolute atomic E-state index is 13.9. The quantitative estimate of drug-likeness (QED) is 0.219. The number of hydrogen-bond acceptors (Lipinski definition) is 4. The monoisotopic (exact) mass is 653 g/mol. The number of amides is 2. The van der Waals surface area contributed by atoms with Crippen LogP contribution in [0, 0.1) is 11.6 Å². The molecule has 0 radical (unpaired) electrons. The standard InChI is InChI=1S/C31H35Cl2F2N3O4S/c1-4-21(2)36-31(40)29(18-22-10-6-5-7-11-22)37(20-24-25(32)12-8-13-26(24)33)30(39)14-9-17-38(43(3,41)42)23-15-16-27(34)28(35)19-23/h5-8,10-13,15-16,19,21,29H,4,9,14,17-18,20H2,1-3H3,(H,36,40)/t21-,29-/m1/s1. The molecule has 0 aliphatic carbocycles. The topological polar surface area (TPSA) is 86.8 Å². The molecule has 3 rings (SSSR count).